The summed E-state index contributed by atoms with van der Waals surface area (Å²) in [6.07, 6.45) is 1.97. The van der Waals surface area contributed by atoms with Crippen LogP contribution in [0.1, 0.15) is 28.4 Å². The molecule has 5 nitrogen and oxygen atoms in total. The van der Waals surface area contributed by atoms with Crippen molar-refractivity contribution in [2.24, 2.45) is 0 Å². The van der Waals surface area contributed by atoms with Gasteiger partial charge < -0.3 is 4.74 Å². The Hall–Kier alpha value is -3.47. The number of esters is 1. The topological polar surface area (TPSA) is 59.5 Å². The van der Waals surface area contributed by atoms with Crippen LogP contribution < -0.4 is 4.90 Å². The highest BCUT2D eigenvalue weighted by atomic mass is 16.6. The first-order valence-electron chi connectivity index (χ1n) is 9.15. The molecule has 4 rings (SSSR count). The maximum atomic E-state index is 13.6. The molecule has 0 aliphatic carbocycles. The minimum atomic E-state index is -1.29. The molecule has 0 fully saturated rings. The van der Waals surface area contributed by atoms with E-state index in [0.29, 0.717) is 24.3 Å². The van der Waals surface area contributed by atoms with Crippen molar-refractivity contribution < 1.29 is 14.3 Å². The number of fused-ring (bicyclic) bond motifs is 1. The summed E-state index contributed by atoms with van der Waals surface area (Å²) in [7, 11) is 0. The summed E-state index contributed by atoms with van der Waals surface area (Å²) in [6, 6.07) is 22.3. The van der Waals surface area contributed by atoms with Gasteiger partial charge in [0.1, 0.15) is 5.82 Å². The predicted octanol–water partition coefficient (Wildman–Crippen LogP) is 3.79. The minimum absolute atomic E-state index is 0.294. The Morgan fingerprint density at radius 2 is 1.75 bits per heavy atom. The molecule has 28 heavy (non-hydrogen) atoms. The molecule has 1 aliphatic rings. The first-order chi connectivity index (χ1) is 13.6. The average molecular weight is 372 g/mol. The number of carbonyl (C=O) groups excluding carboxylic acids is 2. The number of cyclic esters (lactones) is 1. The number of aromatic nitrogens is 1. The molecule has 1 atom stereocenters. The van der Waals surface area contributed by atoms with Crippen LogP contribution in [0.4, 0.5) is 5.82 Å². The van der Waals surface area contributed by atoms with Gasteiger partial charge >= 0.3 is 5.97 Å². The van der Waals surface area contributed by atoms with Crippen molar-refractivity contribution in [1.29, 1.82) is 0 Å². The molecule has 0 N–H and O–H groups in total. The van der Waals surface area contributed by atoms with Crippen LogP contribution in [0.5, 0.6) is 0 Å². The fourth-order valence-corrected chi connectivity index (χ4v) is 3.47. The van der Waals surface area contributed by atoms with E-state index in [2.05, 4.69) is 4.98 Å². The summed E-state index contributed by atoms with van der Waals surface area (Å²) in [5.41, 5.74) is 1.00. The molecule has 2 aromatic carbocycles. The van der Waals surface area contributed by atoms with Gasteiger partial charge in [-0.25, -0.2) is 9.78 Å². The van der Waals surface area contributed by atoms with Gasteiger partial charge in [0.2, 0.25) is 0 Å². The SMILES string of the molecule is C[C@@]1(C(=O)N(Cc2ccccc2)c2ccccn2)Cc2ccccc2C(=O)O1. The largest absolute Gasteiger partial charge is 0.445 e. The third-order valence-electron chi connectivity index (χ3n) is 4.89. The van der Waals surface area contributed by atoms with Crippen LogP contribution in [0.2, 0.25) is 0 Å². The number of benzene rings is 2. The fourth-order valence-electron chi connectivity index (χ4n) is 3.47. The van der Waals surface area contributed by atoms with E-state index in [1.807, 2.05) is 48.5 Å². The number of hydrogen-bond acceptors (Lipinski definition) is 4. The number of carbonyl (C=O) groups is 2. The van der Waals surface area contributed by atoms with Crippen molar-refractivity contribution in [1.82, 2.24) is 4.98 Å². The van der Waals surface area contributed by atoms with Gasteiger partial charge in [-0.05, 0) is 36.2 Å². The Bertz CT molecular complexity index is 1000. The molecule has 5 heteroatoms. The number of ether oxygens (including phenoxy) is 1. The monoisotopic (exact) mass is 372 g/mol. The van der Waals surface area contributed by atoms with E-state index in [9.17, 15) is 9.59 Å². The van der Waals surface area contributed by atoms with Crippen LogP contribution in [-0.2, 0) is 22.5 Å². The standard InChI is InChI=1S/C23H20N2O3/c1-23(15-18-11-5-6-12-19(18)21(26)28-23)22(27)25(20-13-7-8-14-24-20)16-17-9-3-2-4-10-17/h2-14H,15-16H2,1H3/t23-/m0/s1. The Labute approximate surface area is 163 Å². The summed E-state index contributed by atoms with van der Waals surface area (Å²) in [6.45, 7) is 2.01. The summed E-state index contributed by atoms with van der Waals surface area (Å²) in [5.74, 6) is -0.247. The van der Waals surface area contributed by atoms with E-state index in [1.54, 1.807) is 42.3 Å². The fraction of sp³-hybridized carbons (Fsp3) is 0.174. The second-order valence-corrected chi connectivity index (χ2v) is 7.02. The van der Waals surface area contributed by atoms with Crippen molar-refractivity contribution in [3.8, 4) is 0 Å². The van der Waals surface area contributed by atoms with Crippen molar-refractivity contribution in [2.45, 2.75) is 25.5 Å². The van der Waals surface area contributed by atoms with E-state index in [4.69, 9.17) is 4.74 Å². The quantitative estimate of drug-likeness (QED) is 0.654. The number of rotatable bonds is 4. The molecule has 0 saturated heterocycles. The van der Waals surface area contributed by atoms with E-state index in [0.717, 1.165) is 11.1 Å². The molecule has 2 heterocycles. The number of nitrogens with zero attached hydrogens (tertiary/aromatic N) is 2. The van der Waals surface area contributed by atoms with Gasteiger partial charge in [0.05, 0.1) is 12.1 Å². The lowest BCUT2D eigenvalue weighted by Gasteiger charge is -2.36. The maximum absolute atomic E-state index is 13.6. The van der Waals surface area contributed by atoms with Gasteiger partial charge in [-0.2, -0.15) is 0 Å². The number of amides is 1. The lowest BCUT2D eigenvalue weighted by molar-refractivity contribution is -0.137. The third-order valence-corrected chi connectivity index (χ3v) is 4.89. The molecule has 0 radical (unpaired) electrons. The Morgan fingerprint density at radius 1 is 1.04 bits per heavy atom. The summed E-state index contributed by atoms with van der Waals surface area (Å²) >= 11 is 0. The molecule has 140 valence electrons. The molecular weight excluding hydrogens is 352 g/mol. The second kappa shape index (κ2) is 7.27. The van der Waals surface area contributed by atoms with Gasteiger partial charge in [-0.15, -0.1) is 0 Å². The maximum Gasteiger partial charge on any atom is 0.339 e. The highest BCUT2D eigenvalue weighted by Gasteiger charge is 2.45. The summed E-state index contributed by atoms with van der Waals surface area (Å²) < 4.78 is 5.64. The molecule has 1 aliphatic heterocycles. The molecular formula is C23H20N2O3. The van der Waals surface area contributed by atoms with Crippen LogP contribution in [-0.4, -0.2) is 22.5 Å². The highest BCUT2D eigenvalue weighted by molar-refractivity contribution is 6.03. The number of hydrogen-bond donors (Lipinski definition) is 0. The molecule has 1 amide bonds. The number of pyridine rings is 1. The van der Waals surface area contributed by atoms with E-state index in [1.165, 1.54) is 0 Å². The van der Waals surface area contributed by atoms with Crippen molar-refractivity contribution in [3.05, 3.63) is 95.7 Å². The first kappa shape index (κ1) is 17.9. The van der Waals surface area contributed by atoms with Crippen LogP contribution in [0.15, 0.2) is 79.0 Å². The van der Waals surface area contributed by atoms with Gasteiger partial charge in [0.15, 0.2) is 5.60 Å². The molecule has 1 aromatic heterocycles. The molecule has 0 spiro atoms. The van der Waals surface area contributed by atoms with Crippen LogP contribution >= 0.6 is 0 Å². The van der Waals surface area contributed by atoms with Gasteiger partial charge in [-0.3, -0.25) is 9.69 Å². The zero-order valence-corrected chi connectivity index (χ0v) is 15.5. The van der Waals surface area contributed by atoms with Crippen LogP contribution in [0.25, 0.3) is 0 Å². The van der Waals surface area contributed by atoms with E-state index in [-0.39, 0.29) is 5.91 Å². The van der Waals surface area contributed by atoms with Gasteiger partial charge in [-0.1, -0.05) is 54.6 Å². The summed E-state index contributed by atoms with van der Waals surface area (Å²) in [4.78, 5) is 32.0. The minimum Gasteiger partial charge on any atom is -0.445 e. The Morgan fingerprint density at radius 3 is 2.50 bits per heavy atom. The Balaban J connectivity index is 1.70. The van der Waals surface area contributed by atoms with E-state index < -0.39 is 11.6 Å². The van der Waals surface area contributed by atoms with Crippen LogP contribution in [0, 0.1) is 0 Å². The third kappa shape index (κ3) is 3.39. The van der Waals surface area contributed by atoms with Gasteiger partial charge in [0.25, 0.3) is 5.91 Å². The van der Waals surface area contributed by atoms with Gasteiger partial charge in [0, 0.05) is 12.6 Å². The molecule has 0 unspecified atom stereocenters. The van der Waals surface area contributed by atoms with E-state index >= 15 is 0 Å². The lowest BCUT2D eigenvalue weighted by atomic mass is 9.88. The second-order valence-electron chi connectivity index (χ2n) is 7.02. The zero-order chi connectivity index (χ0) is 19.6. The average Bonchev–Trinajstić information content (AvgIpc) is 2.73. The lowest BCUT2D eigenvalue weighted by Crippen LogP contribution is -2.53. The highest BCUT2D eigenvalue weighted by Crippen LogP contribution is 2.31. The normalized spacial score (nSPS) is 18.1. The Kier molecular flexibility index (Phi) is 4.65. The van der Waals surface area contributed by atoms with Crippen molar-refractivity contribution >= 4 is 17.7 Å². The van der Waals surface area contributed by atoms with Crippen molar-refractivity contribution in [2.75, 3.05) is 4.90 Å². The molecule has 3 aromatic rings. The molecule has 0 bridgehead atoms. The van der Waals surface area contributed by atoms with Crippen molar-refractivity contribution in [3.63, 3.8) is 0 Å². The zero-order valence-electron chi connectivity index (χ0n) is 15.5. The smallest absolute Gasteiger partial charge is 0.339 e. The predicted molar refractivity (Wildman–Crippen MR) is 106 cm³/mol. The first-order valence-corrected chi connectivity index (χ1v) is 9.15. The number of anilines is 1. The summed E-state index contributed by atoms with van der Waals surface area (Å²) in [5, 5.41) is 0. The molecule has 0 saturated carbocycles. The van der Waals surface area contributed by atoms with Crippen LogP contribution in [0.3, 0.4) is 0 Å².